The lowest BCUT2D eigenvalue weighted by molar-refractivity contribution is 0.709. The van der Waals surface area contributed by atoms with Gasteiger partial charge in [-0.05, 0) is 19.1 Å². The van der Waals surface area contributed by atoms with Gasteiger partial charge in [0.25, 0.3) is 0 Å². The topological polar surface area (TPSA) is 40.6 Å². The number of rotatable bonds is 1. The Morgan fingerprint density at radius 2 is 2.00 bits per heavy atom. The van der Waals surface area contributed by atoms with Crippen LogP contribution in [0.25, 0.3) is 5.82 Å². The molecule has 6 heteroatoms. The summed E-state index contributed by atoms with van der Waals surface area (Å²) in [5.74, 6) is 0.931. The minimum absolute atomic E-state index is 0.660. The van der Waals surface area contributed by atoms with E-state index in [1.807, 2.05) is 31.7 Å². The van der Waals surface area contributed by atoms with Gasteiger partial charge in [-0.3, -0.25) is 9.25 Å². The molecule has 14 heavy (non-hydrogen) atoms. The van der Waals surface area contributed by atoms with Crippen LogP contribution in [-0.2, 0) is 14.1 Å². The second-order valence-corrected chi connectivity index (χ2v) is 3.54. The highest BCUT2D eigenvalue weighted by Gasteiger charge is 2.06. The molecule has 0 spiro atoms. The molecule has 0 amide bonds. The molecule has 0 aromatic carbocycles. The SMILES string of the molecule is Cc1cc(-n2cnn(C)c2=S)n(C)n1. The van der Waals surface area contributed by atoms with Gasteiger partial charge >= 0.3 is 0 Å². The van der Waals surface area contributed by atoms with Crippen LogP contribution >= 0.6 is 12.2 Å². The predicted molar refractivity (Wildman–Crippen MR) is 54.9 cm³/mol. The Morgan fingerprint density at radius 1 is 1.29 bits per heavy atom. The van der Waals surface area contributed by atoms with E-state index in [-0.39, 0.29) is 0 Å². The van der Waals surface area contributed by atoms with Crippen molar-refractivity contribution in [3.63, 3.8) is 0 Å². The fourth-order valence-electron chi connectivity index (χ4n) is 1.36. The molecule has 0 aliphatic carbocycles. The lowest BCUT2D eigenvalue weighted by atomic mass is 10.5. The number of hydrogen-bond donors (Lipinski definition) is 0. The molecule has 0 unspecified atom stereocenters. The van der Waals surface area contributed by atoms with E-state index in [0.29, 0.717) is 4.77 Å². The average molecular weight is 209 g/mol. The Hall–Kier alpha value is -1.43. The minimum Gasteiger partial charge on any atom is -0.258 e. The Bertz CT molecular complexity index is 518. The van der Waals surface area contributed by atoms with Crippen LogP contribution in [0.5, 0.6) is 0 Å². The zero-order valence-corrected chi connectivity index (χ0v) is 9.12. The zero-order valence-electron chi connectivity index (χ0n) is 8.30. The maximum Gasteiger partial charge on any atom is 0.203 e. The molecule has 2 aromatic heterocycles. The van der Waals surface area contributed by atoms with Gasteiger partial charge in [-0.25, -0.2) is 4.68 Å². The van der Waals surface area contributed by atoms with Crippen LogP contribution in [-0.4, -0.2) is 24.1 Å². The van der Waals surface area contributed by atoms with Crippen molar-refractivity contribution in [1.82, 2.24) is 24.1 Å². The van der Waals surface area contributed by atoms with Crippen LogP contribution in [0.4, 0.5) is 0 Å². The molecule has 0 fully saturated rings. The fourth-order valence-corrected chi connectivity index (χ4v) is 1.55. The van der Waals surface area contributed by atoms with E-state index >= 15 is 0 Å². The Labute approximate surface area is 86.6 Å². The molecule has 2 aromatic rings. The Balaban J connectivity index is 2.66. The lowest BCUT2D eigenvalue weighted by Gasteiger charge is -2.00. The molecule has 0 radical (unpaired) electrons. The Morgan fingerprint density at radius 3 is 2.43 bits per heavy atom. The van der Waals surface area contributed by atoms with Crippen molar-refractivity contribution in [2.45, 2.75) is 6.92 Å². The van der Waals surface area contributed by atoms with Crippen LogP contribution in [0, 0.1) is 11.7 Å². The molecule has 0 bridgehead atoms. The smallest absolute Gasteiger partial charge is 0.203 e. The van der Waals surface area contributed by atoms with E-state index in [4.69, 9.17) is 12.2 Å². The van der Waals surface area contributed by atoms with Crippen molar-refractivity contribution in [1.29, 1.82) is 0 Å². The van der Waals surface area contributed by atoms with Crippen LogP contribution in [0.3, 0.4) is 0 Å². The molecule has 5 nitrogen and oxygen atoms in total. The van der Waals surface area contributed by atoms with Gasteiger partial charge in [0.1, 0.15) is 12.1 Å². The summed E-state index contributed by atoms with van der Waals surface area (Å²) in [6, 6.07) is 1.97. The first-order valence-corrected chi connectivity index (χ1v) is 4.62. The second kappa shape index (κ2) is 3.06. The third-order valence-electron chi connectivity index (χ3n) is 2.05. The lowest BCUT2D eigenvalue weighted by Crippen LogP contribution is -2.02. The van der Waals surface area contributed by atoms with Crippen molar-refractivity contribution < 1.29 is 0 Å². The monoisotopic (exact) mass is 209 g/mol. The number of aromatic nitrogens is 5. The van der Waals surface area contributed by atoms with Gasteiger partial charge in [0, 0.05) is 20.2 Å². The van der Waals surface area contributed by atoms with E-state index in [1.165, 1.54) is 0 Å². The summed E-state index contributed by atoms with van der Waals surface area (Å²) in [6.07, 6.45) is 1.69. The molecule has 0 saturated heterocycles. The molecule has 2 heterocycles. The average Bonchev–Trinajstić information content (AvgIpc) is 2.59. The highest BCUT2D eigenvalue weighted by atomic mass is 32.1. The van der Waals surface area contributed by atoms with Gasteiger partial charge in [0.2, 0.25) is 4.77 Å². The molecule has 0 saturated carbocycles. The summed E-state index contributed by atoms with van der Waals surface area (Å²) < 4.78 is 5.92. The third kappa shape index (κ3) is 1.27. The van der Waals surface area contributed by atoms with E-state index in [9.17, 15) is 0 Å². The summed E-state index contributed by atoms with van der Waals surface area (Å²) in [4.78, 5) is 0. The highest BCUT2D eigenvalue weighted by molar-refractivity contribution is 7.71. The van der Waals surface area contributed by atoms with Gasteiger partial charge in [-0.2, -0.15) is 10.2 Å². The maximum atomic E-state index is 5.20. The van der Waals surface area contributed by atoms with Crippen molar-refractivity contribution in [3.8, 4) is 5.82 Å². The zero-order chi connectivity index (χ0) is 10.3. The van der Waals surface area contributed by atoms with E-state index in [1.54, 1.807) is 15.7 Å². The molecule has 0 N–H and O–H groups in total. The van der Waals surface area contributed by atoms with Gasteiger partial charge in [-0.1, -0.05) is 0 Å². The molecular formula is C8H11N5S. The first kappa shape index (κ1) is 9.14. The molecule has 0 aliphatic rings. The summed E-state index contributed by atoms with van der Waals surface area (Å²) in [6.45, 7) is 1.95. The molecular weight excluding hydrogens is 198 g/mol. The Kier molecular flexibility index (Phi) is 1.99. The van der Waals surface area contributed by atoms with E-state index in [0.717, 1.165) is 11.5 Å². The van der Waals surface area contributed by atoms with Crippen molar-refractivity contribution in [2.24, 2.45) is 14.1 Å². The van der Waals surface area contributed by atoms with Gasteiger partial charge in [-0.15, -0.1) is 0 Å². The predicted octanol–water partition coefficient (Wildman–Crippen LogP) is 0.982. The molecule has 0 aliphatic heterocycles. The quantitative estimate of drug-likeness (QED) is 0.657. The first-order chi connectivity index (χ1) is 6.59. The summed E-state index contributed by atoms with van der Waals surface area (Å²) in [5, 5.41) is 8.33. The van der Waals surface area contributed by atoms with E-state index < -0.39 is 0 Å². The maximum absolute atomic E-state index is 5.20. The number of nitrogens with zero attached hydrogens (tertiary/aromatic N) is 5. The largest absolute Gasteiger partial charge is 0.258 e. The second-order valence-electron chi connectivity index (χ2n) is 3.17. The number of hydrogen-bond acceptors (Lipinski definition) is 3. The summed E-state index contributed by atoms with van der Waals surface area (Å²) in [5.41, 5.74) is 0.966. The third-order valence-corrected chi connectivity index (χ3v) is 2.51. The molecule has 74 valence electrons. The summed E-state index contributed by atoms with van der Waals surface area (Å²) >= 11 is 5.20. The van der Waals surface area contributed by atoms with Gasteiger partial charge in [0.05, 0.1) is 5.69 Å². The van der Waals surface area contributed by atoms with Crippen molar-refractivity contribution >= 4 is 12.2 Å². The first-order valence-electron chi connectivity index (χ1n) is 4.21. The normalized spacial score (nSPS) is 10.8. The molecule has 2 rings (SSSR count). The van der Waals surface area contributed by atoms with Gasteiger partial charge < -0.3 is 0 Å². The fraction of sp³-hybridized carbons (Fsp3) is 0.375. The van der Waals surface area contributed by atoms with Crippen LogP contribution in [0.2, 0.25) is 0 Å². The van der Waals surface area contributed by atoms with Crippen molar-refractivity contribution in [3.05, 3.63) is 22.9 Å². The van der Waals surface area contributed by atoms with Crippen LogP contribution in [0.15, 0.2) is 12.4 Å². The highest BCUT2D eigenvalue weighted by Crippen LogP contribution is 2.08. The van der Waals surface area contributed by atoms with Crippen LogP contribution in [0.1, 0.15) is 5.69 Å². The van der Waals surface area contributed by atoms with Crippen molar-refractivity contribution in [2.75, 3.05) is 0 Å². The standard InChI is InChI=1S/C8H11N5S/c1-6-4-7(11(2)10-6)13-5-9-12(3)8(13)14/h4-5H,1-3H3. The van der Waals surface area contributed by atoms with E-state index in [2.05, 4.69) is 10.2 Å². The molecule has 0 atom stereocenters. The minimum atomic E-state index is 0.660. The number of aryl methyl sites for hydroxylation is 3. The van der Waals surface area contributed by atoms with Crippen LogP contribution < -0.4 is 0 Å². The van der Waals surface area contributed by atoms with Gasteiger partial charge in [0.15, 0.2) is 0 Å². The summed E-state index contributed by atoms with van der Waals surface area (Å²) in [7, 11) is 3.71.